The molecule has 29 heavy (non-hydrogen) atoms. The Hall–Kier alpha value is -2.89. The highest BCUT2D eigenvalue weighted by molar-refractivity contribution is 6.05. The number of aryl methyl sites for hydroxylation is 2. The molecular formula is C23H29NO5. The Morgan fingerprint density at radius 3 is 2.28 bits per heavy atom. The largest absolute Gasteiger partial charge is 0.482 e. The molecule has 1 aromatic heterocycles. The fourth-order valence-corrected chi connectivity index (χ4v) is 3.39. The third kappa shape index (κ3) is 5.13. The van der Waals surface area contributed by atoms with Crippen LogP contribution in [0, 0.1) is 20.8 Å². The average Bonchev–Trinajstić information content (AvgIpc) is 2.93. The van der Waals surface area contributed by atoms with Gasteiger partial charge in [-0.1, -0.05) is 26.0 Å². The number of esters is 1. The first-order chi connectivity index (χ1) is 13.5. The maximum atomic E-state index is 12.7. The van der Waals surface area contributed by atoms with Gasteiger partial charge in [0, 0.05) is 11.3 Å². The van der Waals surface area contributed by atoms with Crippen molar-refractivity contribution in [2.75, 3.05) is 6.61 Å². The Morgan fingerprint density at radius 2 is 1.72 bits per heavy atom. The molecule has 2 aromatic rings. The van der Waals surface area contributed by atoms with E-state index in [4.69, 9.17) is 9.47 Å². The van der Waals surface area contributed by atoms with Crippen molar-refractivity contribution in [2.45, 2.75) is 60.5 Å². The summed E-state index contributed by atoms with van der Waals surface area (Å²) < 4.78 is 10.9. The van der Waals surface area contributed by atoms with Crippen LogP contribution >= 0.6 is 0 Å². The molecule has 2 rings (SSSR count). The summed E-state index contributed by atoms with van der Waals surface area (Å²) in [5.74, 6) is -0.248. The normalized spacial score (nSPS) is 12.0. The van der Waals surface area contributed by atoms with E-state index in [1.165, 1.54) is 13.8 Å². The topological polar surface area (TPSA) is 85.5 Å². The highest BCUT2D eigenvalue weighted by Gasteiger charge is 2.26. The summed E-state index contributed by atoms with van der Waals surface area (Å²) in [5, 5.41) is 0. The first-order valence-electron chi connectivity index (χ1n) is 9.70. The average molecular weight is 399 g/mol. The highest BCUT2D eigenvalue weighted by Crippen LogP contribution is 2.27. The zero-order valence-electron chi connectivity index (χ0n) is 18.1. The molecule has 0 spiro atoms. The minimum Gasteiger partial charge on any atom is -0.482 e. The molecule has 0 amide bonds. The van der Waals surface area contributed by atoms with Crippen LogP contribution in [0.2, 0.25) is 0 Å². The van der Waals surface area contributed by atoms with Crippen LogP contribution in [-0.4, -0.2) is 35.2 Å². The van der Waals surface area contributed by atoms with Crippen LogP contribution in [-0.2, 0) is 9.53 Å². The Labute approximate surface area is 171 Å². The molecule has 1 aromatic carbocycles. The summed E-state index contributed by atoms with van der Waals surface area (Å²) in [6.07, 6.45) is -0.996. The van der Waals surface area contributed by atoms with E-state index < -0.39 is 12.1 Å². The maximum Gasteiger partial charge on any atom is 0.344 e. The number of carbonyl (C=O) groups excluding carboxylic acids is 3. The Kier molecular flexibility index (Phi) is 7.01. The standard InChI is InChI=1S/C23H29NO5/c1-12(2)18-9-8-13(3)10-19(18)28-11-20(26)29-17(7)23(27)22-14(4)21(16(6)25)15(5)24-22/h8-10,12,17,24H,11H2,1-7H3/t17-/m1/s1. The van der Waals surface area contributed by atoms with Crippen LogP contribution in [0.15, 0.2) is 18.2 Å². The summed E-state index contributed by atoms with van der Waals surface area (Å²) in [4.78, 5) is 39.6. The molecule has 0 bridgehead atoms. The van der Waals surface area contributed by atoms with Gasteiger partial charge in [0.15, 0.2) is 18.5 Å². The zero-order chi connectivity index (χ0) is 21.9. The lowest BCUT2D eigenvalue weighted by molar-refractivity contribution is -0.148. The second-order valence-corrected chi connectivity index (χ2v) is 7.66. The van der Waals surface area contributed by atoms with E-state index in [0.717, 1.165) is 11.1 Å². The van der Waals surface area contributed by atoms with E-state index in [2.05, 4.69) is 4.98 Å². The minimum absolute atomic E-state index is 0.118. The number of hydrogen-bond acceptors (Lipinski definition) is 5. The molecule has 0 aliphatic carbocycles. The summed E-state index contributed by atoms with van der Waals surface area (Å²) >= 11 is 0. The van der Waals surface area contributed by atoms with Crippen molar-refractivity contribution in [1.82, 2.24) is 4.98 Å². The number of ether oxygens (including phenoxy) is 2. The van der Waals surface area contributed by atoms with Gasteiger partial charge in [-0.05, 0) is 63.3 Å². The Balaban J connectivity index is 2.05. The van der Waals surface area contributed by atoms with Gasteiger partial charge in [-0.15, -0.1) is 0 Å². The molecular weight excluding hydrogens is 370 g/mol. The van der Waals surface area contributed by atoms with E-state index in [1.807, 2.05) is 39.0 Å². The van der Waals surface area contributed by atoms with Gasteiger partial charge in [-0.3, -0.25) is 9.59 Å². The van der Waals surface area contributed by atoms with Crippen LogP contribution in [0.4, 0.5) is 0 Å². The SMILES string of the molecule is CC(=O)c1c(C)[nH]c(C(=O)[C@@H](C)OC(=O)COc2cc(C)ccc2C(C)C)c1C. The van der Waals surface area contributed by atoms with Crippen molar-refractivity contribution < 1.29 is 23.9 Å². The van der Waals surface area contributed by atoms with E-state index in [-0.39, 0.29) is 29.8 Å². The molecule has 0 saturated heterocycles. The Morgan fingerprint density at radius 1 is 1.07 bits per heavy atom. The van der Waals surface area contributed by atoms with Gasteiger partial charge < -0.3 is 14.5 Å². The number of nitrogens with one attached hydrogen (secondary N) is 1. The van der Waals surface area contributed by atoms with Crippen molar-refractivity contribution >= 4 is 17.5 Å². The van der Waals surface area contributed by atoms with Crippen LogP contribution < -0.4 is 4.74 Å². The first-order valence-corrected chi connectivity index (χ1v) is 9.70. The number of carbonyl (C=O) groups is 3. The minimum atomic E-state index is -0.996. The van der Waals surface area contributed by atoms with E-state index in [9.17, 15) is 14.4 Å². The molecule has 156 valence electrons. The van der Waals surface area contributed by atoms with Gasteiger partial charge in [-0.2, -0.15) is 0 Å². The second-order valence-electron chi connectivity index (χ2n) is 7.66. The number of ketones is 2. The van der Waals surface area contributed by atoms with Gasteiger partial charge in [0.25, 0.3) is 0 Å². The second kappa shape index (κ2) is 9.07. The lowest BCUT2D eigenvalue weighted by Gasteiger charge is -2.16. The van der Waals surface area contributed by atoms with Crippen LogP contribution in [0.1, 0.15) is 76.8 Å². The predicted octanol–water partition coefficient (Wildman–Crippen LogP) is 4.46. The summed E-state index contributed by atoms with van der Waals surface area (Å²) in [6, 6.07) is 5.86. The summed E-state index contributed by atoms with van der Waals surface area (Å²) in [6.45, 7) is 12.2. The van der Waals surface area contributed by atoms with Gasteiger partial charge in [0.1, 0.15) is 5.75 Å². The monoisotopic (exact) mass is 399 g/mol. The van der Waals surface area contributed by atoms with Crippen molar-refractivity contribution in [3.8, 4) is 5.75 Å². The first kappa shape index (κ1) is 22.4. The van der Waals surface area contributed by atoms with Gasteiger partial charge >= 0.3 is 5.97 Å². The van der Waals surface area contributed by atoms with Gasteiger partial charge in [-0.25, -0.2) is 4.79 Å². The molecule has 6 heteroatoms. The van der Waals surface area contributed by atoms with Crippen molar-refractivity contribution in [3.05, 3.63) is 51.8 Å². The van der Waals surface area contributed by atoms with Crippen molar-refractivity contribution in [3.63, 3.8) is 0 Å². The number of benzene rings is 1. The molecule has 0 fully saturated rings. The third-order valence-electron chi connectivity index (χ3n) is 4.85. The molecule has 0 radical (unpaired) electrons. The lowest BCUT2D eigenvalue weighted by atomic mass is 10.0. The van der Waals surface area contributed by atoms with Crippen LogP contribution in [0.5, 0.6) is 5.75 Å². The van der Waals surface area contributed by atoms with Crippen LogP contribution in [0.25, 0.3) is 0 Å². The molecule has 0 aliphatic rings. The van der Waals surface area contributed by atoms with E-state index in [1.54, 1.807) is 13.8 Å². The Bertz CT molecular complexity index is 939. The zero-order valence-corrected chi connectivity index (χ0v) is 18.1. The van der Waals surface area contributed by atoms with Crippen molar-refractivity contribution in [1.29, 1.82) is 0 Å². The quantitative estimate of drug-likeness (QED) is 0.523. The number of H-pyrrole nitrogens is 1. The van der Waals surface area contributed by atoms with E-state index >= 15 is 0 Å². The molecule has 0 unspecified atom stereocenters. The lowest BCUT2D eigenvalue weighted by Crippen LogP contribution is -2.28. The molecule has 1 atom stereocenters. The molecule has 1 heterocycles. The number of hydrogen-bond donors (Lipinski definition) is 1. The van der Waals surface area contributed by atoms with Gasteiger partial charge in [0.05, 0.1) is 5.69 Å². The van der Waals surface area contributed by atoms with E-state index in [0.29, 0.717) is 22.6 Å². The summed E-state index contributed by atoms with van der Waals surface area (Å²) in [5.41, 5.74) is 4.01. The smallest absolute Gasteiger partial charge is 0.344 e. The third-order valence-corrected chi connectivity index (χ3v) is 4.85. The van der Waals surface area contributed by atoms with Gasteiger partial charge in [0.2, 0.25) is 5.78 Å². The summed E-state index contributed by atoms with van der Waals surface area (Å²) in [7, 11) is 0. The molecule has 0 aliphatic heterocycles. The number of aromatic nitrogens is 1. The fourth-order valence-electron chi connectivity index (χ4n) is 3.39. The number of aromatic amines is 1. The van der Waals surface area contributed by atoms with Crippen molar-refractivity contribution in [2.24, 2.45) is 0 Å². The molecule has 1 N–H and O–H groups in total. The molecule has 0 saturated carbocycles. The highest BCUT2D eigenvalue weighted by atomic mass is 16.6. The predicted molar refractivity (Wildman–Crippen MR) is 111 cm³/mol. The molecule has 6 nitrogen and oxygen atoms in total. The number of rotatable bonds is 8. The maximum absolute atomic E-state index is 12.7. The van der Waals surface area contributed by atoms with Crippen LogP contribution in [0.3, 0.4) is 0 Å². The fraction of sp³-hybridized carbons (Fsp3) is 0.435. The number of Topliss-reactive ketones (excluding diaryl/α,β-unsaturated/α-hetero) is 2.